The first-order valence-corrected chi connectivity index (χ1v) is 10.9. The molecule has 6 nitrogen and oxygen atoms in total. The van der Waals surface area contributed by atoms with Crippen molar-refractivity contribution < 1.29 is 14.6 Å². The first-order chi connectivity index (χ1) is 16.5. The summed E-state index contributed by atoms with van der Waals surface area (Å²) in [6.07, 6.45) is 5.23. The highest BCUT2D eigenvalue weighted by atomic mass is 35.5. The van der Waals surface area contributed by atoms with Crippen molar-refractivity contribution in [3.05, 3.63) is 107 Å². The second-order valence-corrected chi connectivity index (χ2v) is 7.99. The summed E-state index contributed by atoms with van der Waals surface area (Å²) < 4.78 is 5.84. The van der Waals surface area contributed by atoms with Gasteiger partial charge in [-0.15, -0.1) is 0 Å². The molecule has 7 heteroatoms. The molecule has 2 N–H and O–H groups in total. The molecule has 0 saturated heterocycles. The van der Waals surface area contributed by atoms with E-state index in [2.05, 4.69) is 15.3 Å². The van der Waals surface area contributed by atoms with Crippen LogP contribution in [0.2, 0.25) is 5.02 Å². The summed E-state index contributed by atoms with van der Waals surface area (Å²) in [5.74, 6) is 1.17. The van der Waals surface area contributed by atoms with Crippen LogP contribution in [-0.4, -0.2) is 21.4 Å². The van der Waals surface area contributed by atoms with Gasteiger partial charge >= 0.3 is 0 Å². The number of ether oxygens (including phenoxy) is 1. The maximum absolute atomic E-state index is 10.8. The Bertz CT molecular complexity index is 1380. The van der Waals surface area contributed by atoms with Gasteiger partial charge in [0, 0.05) is 16.6 Å². The summed E-state index contributed by atoms with van der Waals surface area (Å²) in [7, 11) is 0. The van der Waals surface area contributed by atoms with Crippen LogP contribution in [0.1, 0.15) is 18.1 Å². The van der Waals surface area contributed by atoms with Crippen molar-refractivity contribution in [2.24, 2.45) is 0 Å². The Morgan fingerprint density at radius 3 is 2.65 bits per heavy atom. The van der Waals surface area contributed by atoms with Crippen LogP contribution < -0.4 is 10.1 Å². The highest BCUT2D eigenvalue weighted by Crippen LogP contribution is 2.31. The van der Waals surface area contributed by atoms with Gasteiger partial charge in [-0.1, -0.05) is 48.0 Å². The van der Waals surface area contributed by atoms with Gasteiger partial charge in [-0.25, -0.2) is 9.97 Å². The van der Waals surface area contributed by atoms with Crippen LogP contribution in [0.3, 0.4) is 0 Å². The molecule has 4 rings (SSSR count). The van der Waals surface area contributed by atoms with Crippen molar-refractivity contribution in [1.29, 1.82) is 0 Å². The van der Waals surface area contributed by atoms with Crippen molar-refractivity contribution in [3.63, 3.8) is 0 Å². The summed E-state index contributed by atoms with van der Waals surface area (Å²) in [4.78, 5) is 19.4. The fourth-order valence-electron chi connectivity index (χ4n) is 3.23. The van der Waals surface area contributed by atoms with Crippen LogP contribution in [-0.2, 0) is 11.4 Å². The van der Waals surface area contributed by atoms with Crippen molar-refractivity contribution in [2.45, 2.75) is 13.5 Å². The zero-order valence-electron chi connectivity index (χ0n) is 18.4. The second-order valence-electron chi connectivity index (χ2n) is 7.58. The van der Waals surface area contributed by atoms with E-state index >= 15 is 0 Å². The number of rotatable bonds is 8. The molecule has 0 saturated carbocycles. The van der Waals surface area contributed by atoms with E-state index in [0.29, 0.717) is 39.9 Å². The number of carbonyl (C=O) groups is 1. The molecule has 4 aromatic rings. The minimum atomic E-state index is 0.0286. The van der Waals surface area contributed by atoms with E-state index in [1.807, 2.05) is 36.4 Å². The monoisotopic (exact) mass is 471 g/mol. The number of allylic oxidation sites excluding steroid dienone is 3. The van der Waals surface area contributed by atoms with Gasteiger partial charge in [-0.2, -0.15) is 0 Å². The number of halogens is 1. The molecule has 3 aromatic carbocycles. The highest BCUT2D eigenvalue weighted by molar-refractivity contribution is 6.32. The number of nitrogens with zero attached hydrogens (tertiary/aromatic N) is 2. The Kier molecular flexibility index (Phi) is 7.20. The predicted octanol–water partition coefficient (Wildman–Crippen LogP) is 6.65. The Hall–Kier alpha value is -4.16. The van der Waals surface area contributed by atoms with Crippen LogP contribution in [0.4, 0.5) is 11.5 Å². The molecule has 1 heterocycles. The van der Waals surface area contributed by atoms with Crippen LogP contribution >= 0.6 is 11.6 Å². The zero-order chi connectivity index (χ0) is 23.9. The van der Waals surface area contributed by atoms with E-state index in [4.69, 9.17) is 16.3 Å². The molecule has 34 heavy (non-hydrogen) atoms. The first-order valence-electron chi connectivity index (χ1n) is 10.5. The van der Waals surface area contributed by atoms with E-state index in [1.54, 1.807) is 43.3 Å². The van der Waals surface area contributed by atoms with Gasteiger partial charge in [0.2, 0.25) is 0 Å². The fraction of sp³-hybridized carbons (Fsp3) is 0.0741. The smallest absolute Gasteiger partial charge is 0.145 e. The van der Waals surface area contributed by atoms with Gasteiger partial charge in [0.05, 0.1) is 10.5 Å². The lowest BCUT2D eigenvalue weighted by molar-refractivity contribution is -0.104. The minimum absolute atomic E-state index is 0.0286. The molecule has 0 fully saturated rings. The molecule has 0 aliphatic heterocycles. The molecule has 0 aliphatic carbocycles. The first kappa shape index (κ1) is 23.0. The third-order valence-electron chi connectivity index (χ3n) is 5.05. The number of hydrogen-bond acceptors (Lipinski definition) is 6. The van der Waals surface area contributed by atoms with E-state index < -0.39 is 0 Å². The third-order valence-corrected chi connectivity index (χ3v) is 5.35. The number of aldehydes is 1. The number of aliphatic hydroxyl groups is 1. The average Bonchev–Trinajstić information content (AvgIpc) is 2.87. The van der Waals surface area contributed by atoms with E-state index in [9.17, 15) is 9.90 Å². The summed E-state index contributed by atoms with van der Waals surface area (Å²) in [5.41, 5.74) is 3.57. The molecule has 0 radical (unpaired) electrons. The lowest BCUT2D eigenvalue weighted by Gasteiger charge is -2.12. The van der Waals surface area contributed by atoms with Gasteiger partial charge in [-0.3, -0.25) is 4.79 Å². The predicted molar refractivity (Wildman–Crippen MR) is 135 cm³/mol. The number of aromatic nitrogens is 2. The van der Waals surface area contributed by atoms with Gasteiger partial charge in [0.25, 0.3) is 0 Å². The number of hydrogen-bond donors (Lipinski definition) is 2. The maximum atomic E-state index is 10.8. The SMILES string of the molecule is C/C(C=O)=C\C=C(/O)c1ccc2ncnc(Nc3ccc(OCc4ccccc4)c(Cl)c3)c2c1. The molecule has 0 bridgehead atoms. The highest BCUT2D eigenvalue weighted by Gasteiger charge is 2.09. The Labute approximate surface area is 202 Å². The topological polar surface area (TPSA) is 84.3 Å². The average molecular weight is 472 g/mol. The minimum Gasteiger partial charge on any atom is -0.507 e. The van der Waals surface area contributed by atoms with Crippen LogP contribution in [0.25, 0.3) is 16.7 Å². The lowest BCUT2D eigenvalue weighted by Crippen LogP contribution is -1.98. The summed E-state index contributed by atoms with van der Waals surface area (Å²) in [6.45, 7) is 2.08. The molecular formula is C27H22ClN3O3. The second kappa shape index (κ2) is 10.6. The number of benzene rings is 3. The van der Waals surface area contributed by atoms with Crippen molar-refractivity contribution >= 4 is 46.1 Å². The fourth-order valence-corrected chi connectivity index (χ4v) is 3.46. The zero-order valence-corrected chi connectivity index (χ0v) is 19.2. The molecule has 0 amide bonds. The van der Waals surface area contributed by atoms with Gasteiger partial charge < -0.3 is 15.2 Å². The van der Waals surface area contributed by atoms with Gasteiger partial charge in [0.1, 0.15) is 36.5 Å². The summed E-state index contributed by atoms with van der Waals surface area (Å²) in [6, 6.07) is 20.6. The van der Waals surface area contributed by atoms with Crippen LogP contribution in [0.5, 0.6) is 5.75 Å². The van der Waals surface area contributed by atoms with E-state index in [0.717, 1.165) is 22.9 Å². The standard InChI is InChI=1S/C27H22ClN3O3/c1-18(15-32)7-11-25(33)20-8-10-24-22(13-20)27(30-17-29-24)31-21-9-12-26(23(28)14-21)34-16-19-5-3-2-4-6-19/h2-15,17,33H,16H2,1H3,(H,29,30,31)/b18-7+,25-11-. The Morgan fingerprint density at radius 1 is 1.06 bits per heavy atom. The number of anilines is 2. The Balaban J connectivity index is 1.56. The molecule has 1 aromatic heterocycles. The molecule has 0 aliphatic rings. The van der Waals surface area contributed by atoms with E-state index in [1.165, 1.54) is 12.4 Å². The maximum Gasteiger partial charge on any atom is 0.145 e. The molecule has 0 spiro atoms. The summed E-state index contributed by atoms with van der Waals surface area (Å²) in [5, 5.41) is 14.9. The van der Waals surface area contributed by atoms with Crippen molar-refractivity contribution in [2.75, 3.05) is 5.32 Å². The quantitative estimate of drug-likeness (QED) is 0.129. The number of nitrogens with one attached hydrogen (secondary N) is 1. The van der Waals surface area contributed by atoms with Crippen molar-refractivity contribution in [3.8, 4) is 5.75 Å². The number of carbonyl (C=O) groups excluding carboxylic acids is 1. The van der Waals surface area contributed by atoms with Crippen molar-refractivity contribution in [1.82, 2.24) is 9.97 Å². The molecule has 170 valence electrons. The number of fused-ring (bicyclic) bond motifs is 1. The van der Waals surface area contributed by atoms with Gasteiger partial charge in [0.15, 0.2) is 0 Å². The molecule has 0 unspecified atom stereocenters. The number of aliphatic hydroxyl groups excluding tert-OH is 1. The largest absolute Gasteiger partial charge is 0.507 e. The van der Waals surface area contributed by atoms with E-state index in [-0.39, 0.29) is 5.76 Å². The summed E-state index contributed by atoms with van der Waals surface area (Å²) >= 11 is 6.45. The lowest BCUT2D eigenvalue weighted by atomic mass is 10.1. The third kappa shape index (κ3) is 5.60. The van der Waals surface area contributed by atoms with Crippen LogP contribution in [0, 0.1) is 0 Å². The molecule has 0 atom stereocenters. The van der Waals surface area contributed by atoms with Crippen LogP contribution in [0.15, 0.2) is 90.8 Å². The van der Waals surface area contributed by atoms with Gasteiger partial charge in [-0.05, 0) is 60.5 Å². The Morgan fingerprint density at radius 2 is 1.88 bits per heavy atom. The normalized spacial score (nSPS) is 11.9. The molecular weight excluding hydrogens is 450 g/mol.